The normalized spacial score (nSPS) is 24.8. The summed E-state index contributed by atoms with van der Waals surface area (Å²) in [7, 11) is 0. The second-order valence-corrected chi connectivity index (χ2v) is 7.94. The van der Waals surface area contributed by atoms with E-state index in [1.54, 1.807) is 35.2 Å². The number of fused-ring (bicyclic) bond motifs is 1. The first-order valence-corrected chi connectivity index (χ1v) is 9.57. The van der Waals surface area contributed by atoms with E-state index in [1.807, 2.05) is 4.90 Å². The third-order valence-electron chi connectivity index (χ3n) is 5.70. The van der Waals surface area contributed by atoms with Gasteiger partial charge < -0.3 is 4.90 Å². The quantitative estimate of drug-likeness (QED) is 0.728. The number of hydrogen-bond donors (Lipinski definition) is 0. The zero-order valence-corrected chi connectivity index (χ0v) is 15.6. The maximum atomic E-state index is 14.6. The molecule has 0 bridgehead atoms. The summed E-state index contributed by atoms with van der Waals surface area (Å²) in [6.07, 6.45) is 1.77. The van der Waals surface area contributed by atoms with Gasteiger partial charge in [-0.2, -0.15) is 0 Å². The van der Waals surface area contributed by atoms with Crippen LogP contribution in [0.5, 0.6) is 0 Å². The lowest BCUT2D eigenvalue weighted by molar-refractivity contribution is 0.195. The molecule has 0 radical (unpaired) electrons. The Morgan fingerprint density at radius 1 is 1.04 bits per heavy atom. The molecule has 1 saturated heterocycles. The van der Waals surface area contributed by atoms with Crippen LogP contribution < -0.4 is 4.90 Å². The van der Waals surface area contributed by atoms with E-state index in [2.05, 4.69) is 13.8 Å². The minimum absolute atomic E-state index is 0.0505. The first-order chi connectivity index (χ1) is 13.0. The second-order valence-electron chi connectivity index (χ2n) is 7.94. The Bertz CT molecular complexity index is 836. The van der Waals surface area contributed by atoms with Crippen molar-refractivity contribution >= 4 is 11.7 Å². The van der Waals surface area contributed by atoms with Gasteiger partial charge in [0.15, 0.2) is 0 Å². The molecule has 27 heavy (non-hydrogen) atoms. The van der Waals surface area contributed by atoms with Crippen molar-refractivity contribution in [2.45, 2.75) is 44.7 Å². The Hall–Kier alpha value is -2.43. The highest BCUT2D eigenvalue weighted by Crippen LogP contribution is 2.46. The van der Waals surface area contributed by atoms with Crippen molar-refractivity contribution < 1.29 is 13.6 Å². The number of carbonyl (C=O) groups is 1. The predicted molar refractivity (Wildman–Crippen MR) is 102 cm³/mol. The molecule has 1 aliphatic carbocycles. The molecule has 5 heteroatoms. The van der Waals surface area contributed by atoms with Gasteiger partial charge in [-0.15, -0.1) is 0 Å². The van der Waals surface area contributed by atoms with E-state index in [1.165, 1.54) is 18.2 Å². The van der Waals surface area contributed by atoms with Gasteiger partial charge in [0.05, 0.1) is 17.8 Å². The Kier molecular flexibility index (Phi) is 4.62. The summed E-state index contributed by atoms with van der Waals surface area (Å²) in [5, 5.41) is 0. The fourth-order valence-electron chi connectivity index (χ4n) is 4.65. The molecule has 142 valence electrons. The first-order valence-electron chi connectivity index (χ1n) is 9.57. The summed E-state index contributed by atoms with van der Waals surface area (Å²) in [4.78, 5) is 16.8. The molecule has 3 atom stereocenters. The number of anilines is 1. The number of urea groups is 1. The van der Waals surface area contributed by atoms with Crippen LogP contribution in [0.2, 0.25) is 0 Å². The lowest BCUT2D eigenvalue weighted by atomic mass is 9.92. The lowest BCUT2D eigenvalue weighted by Crippen LogP contribution is -2.38. The van der Waals surface area contributed by atoms with Gasteiger partial charge in [0.1, 0.15) is 11.6 Å². The van der Waals surface area contributed by atoms with Crippen LogP contribution in [0.15, 0.2) is 48.5 Å². The molecule has 0 N–H and O–H groups in total. The molecule has 1 saturated carbocycles. The smallest absolute Gasteiger partial charge is 0.319 e. The minimum atomic E-state index is -0.388. The van der Waals surface area contributed by atoms with Gasteiger partial charge >= 0.3 is 6.03 Å². The van der Waals surface area contributed by atoms with Crippen molar-refractivity contribution in [1.82, 2.24) is 4.90 Å². The Balaban J connectivity index is 1.77. The summed E-state index contributed by atoms with van der Waals surface area (Å²) in [6, 6.07) is 12.7. The third-order valence-corrected chi connectivity index (χ3v) is 5.70. The van der Waals surface area contributed by atoms with Crippen molar-refractivity contribution in [2.24, 2.45) is 5.92 Å². The Morgan fingerprint density at radius 3 is 2.41 bits per heavy atom. The van der Waals surface area contributed by atoms with Crippen LogP contribution in [-0.2, 0) is 0 Å². The van der Waals surface area contributed by atoms with Crippen LogP contribution in [0.25, 0.3) is 0 Å². The summed E-state index contributed by atoms with van der Waals surface area (Å²) in [6.45, 7) is 4.82. The van der Waals surface area contributed by atoms with E-state index in [0.717, 1.165) is 18.4 Å². The zero-order chi connectivity index (χ0) is 19.1. The molecule has 0 unspecified atom stereocenters. The van der Waals surface area contributed by atoms with E-state index in [-0.39, 0.29) is 35.7 Å². The van der Waals surface area contributed by atoms with E-state index in [0.29, 0.717) is 18.2 Å². The number of para-hydroxylation sites is 1. The van der Waals surface area contributed by atoms with Crippen molar-refractivity contribution in [3.63, 3.8) is 0 Å². The van der Waals surface area contributed by atoms with Gasteiger partial charge in [0.25, 0.3) is 0 Å². The van der Waals surface area contributed by atoms with Gasteiger partial charge in [-0.05, 0) is 48.6 Å². The molecule has 0 aromatic heterocycles. The molecular formula is C22H24F2N2O. The molecule has 2 aromatic rings. The van der Waals surface area contributed by atoms with Crippen LogP contribution in [0.4, 0.5) is 19.3 Å². The summed E-state index contributed by atoms with van der Waals surface area (Å²) < 4.78 is 28.0. The standard InChI is InChI=1S/C22H24F2N2O/c1-14(2)13-25-20-12-11-17(15-7-9-16(23)10-8-15)21(20)26(22(25)27)19-6-4-3-5-18(19)24/h3-10,14,17,20-21H,11-13H2,1-2H3/t17-,20-,21+/m0/s1. The molecule has 2 aliphatic rings. The van der Waals surface area contributed by atoms with Crippen LogP contribution in [0, 0.1) is 17.6 Å². The number of halogens is 2. The fraction of sp³-hybridized carbons (Fsp3) is 0.409. The highest BCUT2D eigenvalue weighted by Gasteiger charge is 2.53. The number of benzene rings is 2. The lowest BCUT2D eigenvalue weighted by Gasteiger charge is -2.28. The SMILES string of the molecule is CC(C)CN1C(=O)N(c2ccccc2F)[C@@H]2[C@H](c3ccc(F)cc3)CC[C@@H]21. The van der Waals surface area contributed by atoms with E-state index in [9.17, 15) is 13.6 Å². The molecule has 2 fully saturated rings. The van der Waals surface area contributed by atoms with Gasteiger partial charge in [-0.25, -0.2) is 13.6 Å². The van der Waals surface area contributed by atoms with E-state index >= 15 is 0 Å². The summed E-state index contributed by atoms with van der Waals surface area (Å²) in [5.74, 6) is -0.264. The second kappa shape index (κ2) is 6.95. The number of rotatable bonds is 4. The van der Waals surface area contributed by atoms with Gasteiger partial charge in [-0.3, -0.25) is 4.90 Å². The molecular weight excluding hydrogens is 346 g/mol. The zero-order valence-electron chi connectivity index (χ0n) is 15.6. The Morgan fingerprint density at radius 2 is 1.74 bits per heavy atom. The van der Waals surface area contributed by atoms with Crippen molar-refractivity contribution in [1.29, 1.82) is 0 Å². The molecule has 3 nitrogen and oxygen atoms in total. The third kappa shape index (κ3) is 3.09. The van der Waals surface area contributed by atoms with E-state index in [4.69, 9.17) is 0 Å². The van der Waals surface area contributed by atoms with Crippen molar-refractivity contribution in [3.8, 4) is 0 Å². The minimum Gasteiger partial charge on any atom is -0.319 e. The average molecular weight is 370 g/mol. The molecule has 0 spiro atoms. The number of nitrogens with zero attached hydrogens (tertiary/aromatic N) is 2. The fourth-order valence-corrected chi connectivity index (χ4v) is 4.65. The number of hydrogen-bond acceptors (Lipinski definition) is 1. The van der Waals surface area contributed by atoms with Crippen molar-refractivity contribution in [3.05, 3.63) is 65.7 Å². The van der Waals surface area contributed by atoms with Crippen molar-refractivity contribution in [2.75, 3.05) is 11.4 Å². The van der Waals surface area contributed by atoms with Crippen LogP contribution >= 0.6 is 0 Å². The summed E-state index contributed by atoms with van der Waals surface area (Å²) >= 11 is 0. The molecule has 1 aliphatic heterocycles. The van der Waals surface area contributed by atoms with Gasteiger partial charge in [0, 0.05) is 12.5 Å². The van der Waals surface area contributed by atoms with E-state index < -0.39 is 0 Å². The van der Waals surface area contributed by atoms with Crippen LogP contribution in [-0.4, -0.2) is 29.6 Å². The largest absolute Gasteiger partial charge is 0.325 e. The highest BCUT2D eigenvalue weighted by molar-refractivity contribution is 5.96. The first kappa shape index (κ1) is 18.0. The van der Waals surface area contributed by atoms with Crippen LogP contribution in [0.1, 0.15) is 38.2 Å². The number of carbonyl (C=O) groups excluding carboxylic acids is 1. The maximum absolute atomic E-state index is 14.6. The van der Waals surface area contributed by atoms with Gasteiger partial charge in [-0.1, -0.05) is 38.1 Å². The molecule has 4 rings (SSSR count). The monoisotopic (exact) mass is 370 g/mol. The predicted octanol–water partition coefficient (Wildman–Crippen LogP) is 5.18. The molecule has 2 aromatic carbocycles. The number of amides is 2. The average Bonchev–Trinajstić information content (AvgIpc) is 3.16. The maximum Gasteiger partial charge on any atom is 0.325 e. The topological polar surface area (TPSA) is 23.6 Å². The molecule has 2 amide bonds. The summed E-state index contributed by atoms with van der Waals surface area (Å²) in [5.41, 5.74) is 1.34. The highest BCUT2D eigenvalue weighted by atomic mass is 19.1. The molecule has 1 heterocycles. The van der Waals surface area contributed by atoms with Crippen LogP contribution in [0.3, 0.4) is 0 Å². The van der Waals surface area contributed by atoms with Gasteiger partial charge in [0.2, 0.25) is 0 Å². The Labute approximate surface area is 158 Å².